The van der Waals surface area contributed by atoms with Crippen LogP contribution < -0.4 is 10.4 Å². The first-order chi connectivity index (χ1) is 21.0. The summed E-state index contributed by atoms with van der Waals surface area (Å²) in [4.78, 5) is 0. The van der Waals surface area contributed by atoms with Gasteiger partial charge in [-0.15, -0.1) is 0 Å². The van der Waals surface area contributed by atoms with Crippen molar-refractivity contribution >= 4 is 45.8 Å². The quantitative estimate of drug-likeness (QED) is 0.171. The van der Waals surface area contributed by atoms with Crippen LogP contribution in [-0.4, -0.2) is 0 Å². The smallest absolute Gasteiger partial charge is 0.0203 e. The number of benzene rings is 5. The van der Waals surface area contributed by atoms with Crippen molar-refractivity contribution < 1.29 is 0 Å². The predicted octanol–water partition coefficient (Wildman–Crippen LogP) is 8.66. The van der Waals surface area contributed by atoms with Gasteiger partial charge < -0.3 is 0 Å². The van der Waals surface area contributed by atoms with E-state index in [-0.39, 0.29) is 5.41 Å². The third kappa shape index (κ3) is 1.92. The number of allylic oxidation sites excluding steroid dienone is 4. The van der Waals surface area contributed by atoms with Gasteiger partial charge in [0.05, 0.1) is 0 Å². The second-order valence-electron chi connectivity index (χ2n) is 15.0. The first-order valence-corrected chi connectivity index (χ1v) is 16.3. The molecule has 0 nitrogen and oxygen atoms in total. The summed E-state index contributed by atoms with van der Waals surface area (Å²) in [6.45, 7) is 7.44. The van der Waals surface area contributed by atoms with Crippen LogP contribution in [0.3, 0.4) is 0 Å². The van der Waals surface area contributed by atoms with Crippen molar-refractivity contribution in [2.45, 2.75) is 50.4 Å². The van der Waals surface area contributed by atoms with E-state index in [4.69, 9.17) is 0 Å². The normalized spacial score (nSPS) is 28.4. The predicted molar refractivity (Wildman–Crippen MR) is 178 cm³/mol. The molecule has 0 fully saturated rings. The van der Waals surface area contributed by atoms with E-state index in [0.717, 1.165) is 6.42 Å². The van der Waals surface area contributed by atoms with Crippen LogP contribution in [0.15, 0.2) is 65.8 Å². The minimum Gasteiger partial charge on any atom is -0.0722 e. The number of rotatable bonds is 0. The van der Waals surface area contributed by atoms with Crippen molar-refractivity contribution in [1.82, 2.24) is 0 Å². The zero-order chi connectivity index (χ0) is 27.8. The van der Waals surface area contributed by atoms with Gasteiger partial charge in [0.25, 0.3) is 0 Å². The van der Waals surface area contributed by atoms with Crippen molar-refractivity contribution in [2.75, 3.05) is 0 Å². The fraction of sp³-hybridized carbons (Fsp3) is 0.209. The third-order valence-corrected chi connectivity index (χ3v) is 13.3. The lowest BCUT2D eigenvalue weighted by molar-refractivity contribution is 0.257. The van der Waals surface area contributed by atoms with Gasteiger partial charge in [0.15, 0.2) is 0 Å². The van der Waals surface area contributed by atoms with Crippen molar-refractivity contribution in [3.63, 3.8) is 0 Å². The lowest BCUT2D eigenvalue weighted by Crippen LogP contribution is -2.52. The van der Waals surface area contributed by atoms with Crippen LogP contribution in [0.2, 0.25) is 0 Å². The molecule has 13 rings (SSSR count). The van der Waals surface area contributed by atoms with E-state index in [2.05, 4.69) is 99.7 Å². The summed E-state index contributed by atoms with van der Waals surface area (Å²) in [5, 5.41) is 8.94. The molecule has 8 aliphatic rings. The summed E-state index contributed by atoms with van der Waals surface area (Å²) in [5.74, 6) is 1.66. The Balaban J connectivity index is 1.40. The number of hydrogen-bond acceptors (Lipinski definition) is 0. The molecule has 0 spiro atoms. The van der Waals surface area contributed by atoms with Gasteiger partial charge in [-0.1, -0.05) is 80.6 Å². The minimum absolute atomic E-state index is 0.00297. The molecular formula is C43H28. The lowest BCUT2D eigenvalue weighted by Gasteiger charge is -2.60. The third-order valence-electron chi connectivity index (χ3n) is 13.3. The highest BCUT2D eigenvalue weighted by Crippen LogP contribution is 2.72. The Bertz CT molecular complexity index is 2630. The van der Waals surface area contributed by atoms with Crippen molar-refractivity contribution in [1.29, 1.82) is 0 Å². The molecule has 0 aliphatic heterocycles. The Hall–Kier alpha value is -4.42. The SMILES string of the molecule is Cc1cc2c3c4c1CC=c1cc5cc6ccc7c8c6c6c5c(c1-4)C1(C)C3C(=CC3=Cc4ccc(c-8c4C6C31)C(C)C=7)C=C2. The highest BCUT2D eigenvalue weighted by molar-refractivity contribution is 6.16. The number of hydrogen-bond donors (Lipinski definition) is 0. The van der Waals surface area contributed by atoms with E-state index in [1.807, 2.05) is 0 Å². The van der Waals surface area contributed by atoms with Gasteiger partial charge >= 0.3 is 0 Å². The molecule has 0 saturated carbocycles. The summed E-state index contributed by atoms with van der Waals surface area (Å²) in [6.07, 6.45) is 16.3. The molecule has 8 aliphatic carbocycles. The molecule has 0 N–H and O–H groups in total. The second kappa shape index (κ2) is 6.13. The van der Waals surface area contributed by atoms with E-state index < -0.39 is 0 Å². The molecule has 43 heavy (non-hydrogen) atoms. The maximum absolute atomic E-state index is 2.69. The van der Waals surface area contributed by atoms with Gasteiger partial charge in [-0.25, -0.2) is 0 Å². The Morgan fingerprint density at radius 3 is 2.60 bits per heavy atom. The lowest BCUT2D eigenvalue weighted by atomic mass is 9.41. The van der Waals surface area contributed by atoms with Gasteiger partial charge in [0.1, 0.15) is 0 Å². The molecule has 5 aromatic carbocycles. The Morgan fingerprint density at radius 1 is 0.744 bits per heavy atom. The molecule has 200 valence electrons. The summed E-state index contributed by atoms with van der Waals surface area (Å²) in [6, 6.07) is 17.4. The molecule has 0 aromatic heterocycles. The van der Waals surface area contributed by atoms with Crippen LogP contribution in [-0.2, 0) is 11.8 Å². The van der Waals surface area contributed by atoms with Crippen LogP contribution in [0.5, 0.6) is 0 Å². The standard InChI is InChI=1S/C43H28/c1-18-12-20-4-5-22-14-26-15-24-9-11-29-19(2)13-21-6-7-25-17-27-16-23-8-10-28(18)36-30(20)31(22)38-35(26)42-34(24)37(29)33(21)40(25)43(42,3)41(27)39(38)32(23)36/h4-10,12-18,39-41H,11H2,1-3H3. The monoisotopic (exact) mass is 544 g/mol. The highest BCUT2D eigenvalue weighted by Gasteiger charge is 2.61. The Kier molecular flexibility index (Phi) is 3.04. The van der Waals surface area contributed by atoms with E-state index >= 15 is 0 Å². The van der Waals surface area contributed by atoms with Gasteiger partial charge in [-0.2, -0.15) is 0 Å². The average Bonchev–Trinajstić information content (AvgIpc) is 3.00. The minimum atomic E-state index is -0.00297. The van der Waals surface area contributed by atoms with Crippen molar-refractivity contribution in [2.24, 2.45) is 5.92 Å². The molecule has 0 radical (unpaired) electrons. The summed E-state index contributed by atoms with van der Waals surface area (Å²) >= 11 is 0. The van der Waals surface area contributed by atoms with E-state index in [1.54, 1.807) is 60.9 Å². The van der Waals surface area contributed by atoms with Crippen LogP contribution >= 0.6 is 0 Å². The number of aryl methyl sites for hydroxylation is 1. The molecule has 0 heterocycles. The molecule has 0 heteroatoms. The molecule has 0 saturated heterocycles. The summed E-state index contributed by atoms with van der Waals surface area (Å²) in [7, 11) is 0. The van der Waals surface area contributed by atoms with Gasteiger partial charge in [0, 0.05) is 29.1 Å². The maximum atomic E-state index is 2.69. The largest absolute Gasteiger partial charge is 0.0722 e. The molecular weight excluding hydrogens is 516 g/mol. The van der Waals surface area contributed by atoms with Crippen LogP contribution in [0.25, 0.3) is 68.1 Å². The molecule has 0 amide bonds. The average molecular weight is 545 g/mol. The second-order valence-corrected chi connectivity index (χ2v) is 15.0. The van der Waals surface area contributed by atoms with Crippen molar-refractivity contribution in [3.8, 4) is 22.3 Å². The molecule has 5 aromatic rings. The summed E-state index contributed by atoms with van der Waals surface area (Å²) in [5.41, 5.74) is 23.4. The van der Waals surface area contributed by atoms with Gasteiger partial charge in [0.2, 0.25) is 0 Å². The van der Waals surface area contributed by atoms with E-state index in [9.17, 15) is 0 Å². The molecule has 0 bridgehead atoms. The summed E-state index contributed by atoms with van der Waals surface area (Å²) < 4.78 is 0. The fourth-order valence-corrected chi connectivity index (χ4v) is 12.1. The first-order valence-electron chi connectivity index (χ1n) is 16.3. The van der Waals surface area contributed by atoms with Crippen LogP contribution in [0.4, 0.5) is 0 Å². The first kappa shape index (κ1) is 21.3. The Labute approximate surface area is 250 Å². The topological polar surface area (TPSA) is 0 Å². The Morgan fingerprint density at radius 2 is 1.67 bits per heavy atom. The maximum Gasteiger partial charge on any atom is 0.0203 e. The fourth-order valence-electron chi connectivity index (χ4n) is 12.1. The van der Waals surface area contributed by atoms with Crippen molar-refractivity contribution in [3.05, 3.63) is 126 Å². The van der Waals surface area contributed by atoms with Gasteiger partial charge in [-0.3, -0.25) is 0 Å². The van der Waals surface area contributed by atoms with Crippen LogP contribution in [0, 0.1) is 12.8 Å². The zero-order valence-electron chi connectivity index (χ0n) is 24.5. The van der Waals surface area contributed by atoms with Gasteiger partial charge in [-0.05, 0) is 141 Å². The zero-order valence-corrected chi connectivity index (χ0v) is 24.5. The van der Waals surface area contributed by atoms with E-state index in [0.29, 0.717) is 23.7 Å². The highest BCUT2D eigenvalue weighted by atomic mass is 14.6. The molecule has 5 atom stereocenters. The van der Waals surface area contributed by atoms with E-state index in [1.165, 1.54) is 54.6 Å². The molecule has 5 unspecified atom stereocenters. The van der Waals surface area contributed by atoms with Crippen LogP contribution in [0.1, 0.15) is 81.7 Å².